The molecule has 0 bridgehead atoms. The maximum absolute atomic E-state index is 6.66. The largest absolute Gasteiger partial charge is 0.319 e. The highest BCUT2D eigenvalue weighted by Gasteiger charge is 2.48. The molecule has 1 aliphatic carbocycles. The first-order valence-corrected chi connectivity index (χ1v) is 7.37. The highest BCUT2D eigenvalue weighted by atomic mass is 32.1. The molecule has 1 aromatic heterocycles. The van der Waals surface area contributed by atoms with Crippen molar-refractivity contribution in [2.75, 3.05) is 0 Å². The van der Waals surface area contributed by atoms with Gasteiger partial charge in [-0.1, -0.05) is 34.6 Å². The van der Waals surface area contributed by atoms with Gasteiger partial charge < -0.3 is 5.73 Å². The van der Waals surface area contributed by atoms with Gasteiger partial charge in [0.05, 0.1) is 11.2 Å². The molecule has 1 fully saturated rings. The Morgan fingerprint density at radius 2 is 2.12 bits per heavy atom. The Balaban J connectivity index is 2.32. The van der Waals surface area contributed by atoms with Gasteiger partial charge in [0.15, 0.2) is 0 Å². The number of nitrogens with two attached hydrogens (primary N) is 1. The van der Waals surface area contributed by atoms with Crippen molar-refractivity contribution in [3.05, 3.63) is 16.1 Å². The van der Waals surface area contributed by atoms with E-state index in [1.807, 2.05) is 0 Å². The standard InChI is InChI=1S/C14H24N2S/c1-9(2)11-7-17-12(16-11)14(15)8-13(4,5)6-10(14)3/h7,9-10H,6,8,15H2,1-5H3. The van der Waals surface area contributed by atoms with Crippen LogP contribution in [0.5, 0.6) is 0 Å². The van der Waals surface area contributed by atoms with Gasteiger partial charge in [-0.3, -0.25) is 0 Å². The summed E-state index contributed by atoms with van der Waals surface area (Å²) in [7, 11) is 0. The minimum Gasteiger partial charge on any atom is -0.319 e. The van der Waals surface area contributed by atoms with E-state index in [0.29, 0.717) is 17.3 Å². The van der Waals surface area contributed by atoms with E-state index in [4.69, 9.17) is 10.7 Å². The van der Waals surface area contributed by atoms with E-state index in [-0.39, 0.29) is 5.54 Å². The molecule has 2 rings (SSSR count). The zero-order valence-electron chi connectivity index (χ0n) is 11.6. The van der Waals surface area contributed by atoms with E-state index in [1.165, 1.54) is 12.1 Å². The predicted molar refractivity (Wildman–Crippen MR) is 74.2 cm³/mol. The van der Waals surface area contributed by atoms with Crippen LogP contribution in [0, 0.1) is 11.3 Å². The van der Waals surface area contributed by atoms with Gasteiger partial charge in [-0.2, -0.15) is 0 Å². The lowest BCUT2D eigenvalue weighted by Gasteiger charge is -2.27. The van der Waals surface area contributed by atoms with E-state index in [9.17, 15) is 0 Å². The molecule has 3 heteroatoms. The zero-order valence-corrected chi connectivity index (χ0v) is 12.4. The van der Waals surface area contributed by atoms with Crippen molar-refractivity contribution in [3.8, 4) is 0 Å². The lowest BCUT2D eigenvalue weighted by atomic mass is 9.88. The van der Waals surface area contributed by atoms with Gasteiger partial charge in [-0.25, -0.2) is 4.98 Å². The van der Waals surface area contributed by atoms with Crippen molar-refractivity contribution >= 4 is 11.3 Å². The Morgan fingerprint density at radius 1 is 1.47 bits per heavy atom. The van der Waals surface area contributed by atoms with Crippen LogP contribution in [-0.4, -0.2) is 4.98 Å². The molecule has 2 unspecified atom stereocenters. The Bertz CT molecular complexity index is 408. The topological polar surface area (TPSA) is 38.9 Å². The summed E-state index contributed by atoms with van der Waals surface area (Å²) >= 11 is 1.74. The molecule has 1 saturated carbocycles. The van der Waals surface area contributed by atoms with Gasteiger partial charge in [-0.05, 0) is 30.1 Å². The monoisotopic (exact) mass is 252 g/mol. The van der Waals surface area contributed by atoms with E-state index < -0.39 is 0 Å². The van der Waals surface area contributed by atoms with Crippen LogP contribution in [-0.2, 0) is 5.54 Å². The Kier molecular flexibility index (Phi) is 3.11. The third-order valence-electron chi connectivity index (χ3n) is 4.02. The maximum atomic E-state index is 6.66. The molecular formula is C14H24N2S. The SMILES string of the molecule is CC(C)c1csc(C2(N)CC(C)(C)CC2C)n1. The Hall–Kier alpha value is -0.410. The second-order valence-corrected chi connectivity index (χ2v) is 7.58. The van der Waals surface area contributed by atoms with Crippen LogP contribution < -0.4 is 5.73 Å². The molecule has 2 N–H and O–H groups in total. The first kappa shape index (κ1) is 13.0. The number of thiazole rings is 1. The van der Waals surface area contributed by atoms with Gasteiger partial charge in [0.2, 0.25) is 0 Å². The molecule has 1 heterocycles. The smallest absolute Gasteiger partial charge is 0.113 e. The average Bonchev–Trinajstić information content (AvgIpc) is 2.70. The first-order chi connectivity index (χ1) is 7.74. The first-order valence-electron chi connectivity index (χ1n) is 6.49. The summed E-state index contributed by atoms with van der Waals surface area (Å²) in [6.07, 6.45) is 2.24. The van der Waals surface area contributed by atoms with Crippen molar-refractivity contribution in [2.24, 2.45) is 17.1 Å². The summed E-state index contributed by atoms with van der Waals surface area (Å²) in [5, 5.41) is 3.31. The van der Waals surface area contributed by atoms with Crippen LogP contribution >= 0.6 is 11.3 Å². The number of rotatable bonds is 2. The molecule has 17 heavy (non-hydrogen) atoms. The lowest BCUT2D eigenvalue weighted by molar-refractivity contribution is 0.327. The lowest BCUT2D eigenvalue weighted by Crippen LogP contribution is -2.39. The third-order valence-corrected chi connectivity index (χ3v) is 5.07. The highest BCUT2D eigenvalue weighted by molar-refractivity contribution is 7.09. The molecule has 0 saturated heterocycles. The second kappa shape index (κ2) is 4.06. The van der Waals surface area contributed by atoms with Crippen LogP contribution in [0.1, 0.15) is 64.1 Å². The molecule has 2 nitrogen and oxygen atoms in total. The Morgan fingerprint density at radius 3 is 2.53 bits per heavy atom. The van der Waals surface area contributed by atoms with Gasteiger partial charge >= 0.3 is 0 Å². The Labute approximate surface area is 109 Å². The summed E-state index contributed by atoms with van der Waals surface area (Å²) in [5.74, 6) is 1.01. The molecule has 0 aliphatic heterocycles. The molecule has 96 valence electrons. The van der Waals surface area contributed by atoms with Crippen molar-refractivity contribution in [3.63, 3.8) is 0 Å². The number of aromatic nitrogens is 1. The molecule has 1 aliphatic rings. The molecular weight excluding hydrogens is 228 g/mol. The fourth-order valence-corrected chi connectivity index (χ4v) is 4.31. The average molecular weight is 252 g/mol. The van der Waals surface area contributed by atoms with Crippen molar-refractivity contribution < 1.29 is 0 Å². The summed E-state index contributed by atoms with van der Waals surface area (Å²) < 4.78 is 0. The normalized spacial score (nSPS) is 32.3. The maximum Gasteiger partial charge on any atom is 0.113 e. The number of hydrogen-bond acceptors (Lipinski definition) is 3. The number of hydrogen-bond donors (Lipinski definition) is 1. The van der Waals surface area contributed by atoms with Crippen molar-refractivity contribution in [2.45, 2.75) is 58.9 Å². The third kappa shape index (κ3) is 2.27. The fourth-order valence-electron chi connectivity index (χ4n) is 3.10. The predicted octanol–water partition coefficient (Wildman–Crippen LogP) is 3.88. The number of nitrogens with zero attached hydrogens (tertiary/aromatic N) is 1. The van der Waals surface area contributed by atoms with Crippen LogP contribution in [0.25, 0.3) is 0 Å². The quantitative estimate of drug-likeness (QED) is 0.867. The highest BCUT2D eigenvalue weighted by Crippen LogP contribution is 2.51. The van der Waals surface area contributed by atoms with Gasteiger partial charge in [0.1, 0.15) is 5.01 Å². The minimum absolute atomic E-state index is 0.207. The van der Waals surface area contributed by atoms with Crippen LogP contribution in [0.15, 0.2) is 5.38 Å². The molecule has 0 amide bonds. The van der Waals surface area contributed by atoms with E-state index in [0.717, 1.165) is 11.4 Å². The molecule has 2 atom stereocenters. The van der Waals surface area contributed by atoms with Crippen molar-refractivity contribution in [1.82, 2.24) is 4.98 Å². The van der Waals surface area contributed by atoms with E-state index in [1.54, 1.807) is 11.3 Å². The summed E-state index contributed by atoms with van der Waals surface area (Å²) in [6.45, 7) is 11.3. The zero-order chi connectivity index (χ0) is 12.8. The van der Waals surface area contributed by atoms with Gasteiger partial charge in [-0.15, -0.1) is 11.3 Å². The second-order valence-electron chi connectivity index (χ2n) is 6.72. The molecule has 0 spiro atoms. The van der Waals surface area contributed by atoms with Crippen LogP contribution in [0.2, 0.25) is 0 Å². The molecule has 0 radical (unpaired) electrons. The summed E-state index contributed by atoms with van der Waals surface area (Å²) in [5.41, 5.74) is 7.99. The van der Waals surface area contributed by atoms with Crippen LogP contribution in [0.3, 0.4) is 0 Å². The molecule has 0 aromatic carbocycles. The fraction of sp³-hybridized carbons (Fsp3) is 0.786. The van der Waals surface area contributed by atoms with Crippen LogP contribution in [0.4, 0.5) is 0 Å². The van der Waals surface area contributed by atoms with E-state index >= 15 is 0 Å². The van der Waals surface area contributed by atoms with Gasteiger partial charge in [0.25, 0.3) is 0 Å². The molecule has 1 aromatic rings. The minimum atomic E-state index is -0.207. The van der Waals surface area contributed by atoms with Crippen molar-refractivity contribution in [1.29, 1.82) is 0 Å². The summed E-state index contributed by atoms with van der Waals surface area (Å²) in [6, 6.07) is 0. The summed E-state index contributed by atoms with van der Waals surface area (Å²) in [4.78, 5) is 4.77. The van der Waals surface area contributed by atoms with E-state index in [2.05, 4.69) is 40.0 Å². The van der Waals surface area contributed by atoms with Gasteiger partial charge in [0, 0.05) is 5.38 Å².